The first-order valence-corrected chi connectivity index (χ1v) is 6.73. The molecule has 7 heteroatoms. The highest BCUT2D eigenvalue weighted by Gasteiger charge is 2.50. The van der Waals surface area contributed by atoms with Gasteiger partial charge in [-0.3, -0.25) is 4.79 Å². The fourth-order valence-electron chi connectivity index (χ4n) is 3.12. The van der Waals surface area contributed by atoms with Crippen LogP contribution >= 0.6 is 0 Å². The van der Waals surface area contributed by atoms with Crippen molar-refractivity contribution in [3.05, 3.63) is 18.7 Å². The molecule has 4 atom stereocenters. The zero-order valence-electron chi connectivity index (χ0n) is 11.2. The molecule has 7 nitrogen and oxygen atoms in total. The number of carbonyl (C=O) groups is 2. The third-order valence-electron chi connectivity index (χ3n) is 4.19. The van der Waals surface area contributed by atoms with Crippen LogP contribution in [0.15, 0.2) is 18.7 Å². The average molecular weight is 279 g/mol. The van der Waals surface area contributed by atoms with E-state index in [0.717, 1.165) is 0 Å². The SMILES string of the molecule is CC(C(=O)N1[C@H](C(=O)O)C[C@@H]2OCC[C@@H]21)n1ccnc1. The van der Waals surface area contributed by atoms with Crippen molar-refractivity contribution in [2.24, 2.45) is 0 Å². The Kier molecular flexibility index (Phi) is 3.21. The van der Waals surface area contributed by atoms with Crippen LogP contribution in [0.25, 0.3) is 0 Å². The maximum absolute atomic E-state index is 12.7. The highest BCUT2D eigenvalue weighted by Crippen LogP contribution is 2.35. The van der Waals surface area contributed by atoms with E-state index in [0.29, 0.717) is 19.4 Å². The van der Waals surface area contributed by atoms with Gasteiger partial charge in [-0.25, -0.2) is 9.78 Å². The molecule has 2 saturated heterocycles. The number of fused-ring (bicyclic) bond motifs is 1. The van der Waals surface area contributed by atoms with Crippen LogP contribution in [0.3, 0.4) is 0 Å². The van der Waals surface area contributed by atoms with Crippen LogP contribution in [0, 0.1) is 0 Å². The Labute approximate surface area is 116 Å². The van der Waals surface area contributed by atoms with Gasteiger partial charge in [0.25, 0.3) is 0 Å². The van der Waals surface area contributed by atoms with Crippen molar-refractivity contribution in [2.75, 3.05) is 6.61 Å². The summed E-state index contributed by atoms with van der Waals surface area (Å²) in [7, 11) is 0. The third-order valence-corrected chi connectivity index (χ3v) is 4.19. The summed E-state index contributed by atoms with van der Waals surface area (Å²) < 4.78 is 7.22. The zero-order valence-corrected chi connectivity index (χ0v) is 11.2. The fraction of sp³-hybridized carbons (Fsp3) is 0.615. The van der Waals surface area contributed by atoms with Gasteiger partial charge in [-0.15, -0.1) is 0 Å². The van der Waals surface area contributed by atoms with Crippen LogP contribution in [0.1, 0.15) is 25.8 Å². The number of hydrogen-bond donors (Lipinski definition) is 1. The molecule has 2 aliphatic heterocycles. The molecule has 20 heavy (non-hydrogen) atoms. The van der Waals surface area contributed by atoms with E-state index in [-0.39, 0.29) is 18.1 Å². The van der Waals surface area contributed by atoms with Crippen LogP contribution < -0.4 is 0 Å². The predicted molar refractivity (Wildman–Crippen MR) is 68.0 cm³/mol. The molecular weight excluding hydrogens is 262 g/mol. The second kappa shape index (κ2) is 4.90. The number of aromatic nitrogens is 2. The van der Waals surface area contributed by atoms with Crippen molar-refractivity contribution < 1.29 is 19.4 Å². The molecule has 3 rings (SSSR count). The standard InChI is InChI=1S/C13H17N3O4/c1-8(15-4-3-14-7-15)12(17)16-9-2-5-20-11(9)6-10(16)13(18)19/h3-4,7-11H,2,5-6H2,1H3,(H,18,19)/t8?,9-,10-,11-/m0/s1. The number of likely N-dealkylation sites (tertiary alicyclic amines) is 1. The summed E-state index contributed by atoms with van der Waals surface area (Å²) in [5.74, 6) is -1.15. The van der Waals surface area contributed by atoms with E-state index < -0.39 is 18.1 Å². The summed E-state index contributed by atoms with van der Waals surface area (Å²) in [5, 5.41) is 9.33. The van der Waals surface area contributed by atoms with E-state index in [1.807, 2.05) is 0 Å². The van der Waals surface area contributed by atoms with Gasteiger partial charge in [-0.2, -0.15) is 0 Å². The Hall–Kier alpha value is -1.89. The zero-order chi connectivity index (χ0) is 14.3. The van der Waals surface area contributed by atoms with Gasteiger partial charge in [0.2, 0.25) is 5.91 Å². The summed E-state index contributed by atoms with van der Waals surface area (Å²) in [6.07, 6.45) is 5.81. The average Bonchev–Trinajstić information content (AvgIpc) is 3.12. The molecule has 0 bridgehead atoms. The lowest BCUT2D eigenvalue weighted by Gasteiger charge is -2.29. The first-order valence-electron chi connectivity index (χ1n) is 6.73. The molecule has 0 spiro atoms. The molecule has 3 heterocycles. The minimum Gasteiger partial charge on any atom is -0.480 e. The van der Waals surface area contributed by atoms with Gasteiger partial charge in [0.15, 0.2) is 0 Å². The number of carbonyl (C=O) groups excluding carboxylic acids is 1. The van der Waals surface area contributed by atoms with Crippen molar-refractivity contribution in [2.45, 2.75) is 44.0 Å². The molecule has 0 radical (unpaired) electrons. The largest absolute Gasteiger partial charge is 0.480 e. The molecule has 1 N–H and O–H groups in total. The number of nitrogens with zero attached hydrogens (tertiary/aromatic N) is 3. The molecule has 2 fully saturated rings. The number of amides is 1. The quantitative estimate of drug-likeness (QED) is 0.859. The van der Waals surface area contributed by atoms with Crippen LogP contribution in [0.4, 0.5) is 0 Å². The molecule has 1 amide bonds. The lowest BCUT2D eigenvalue weighted by atomic mass is 10.1. The number of ether oxygens (including phenoxy) is 1. The molecule has 0 aromatic carbocycles. The van der Waals surface area contributed by atoms with Crippen LogP contribution in [-0.2, 0) is 14.3 Å². The summed E-state index contributed by atoms with van der Waals surface area (Å²) in [5.41, 5.74) is 0. The molecule has 0 aliphatic carbocycles. The fourth-order valence-corrected chi connectivity index (χ4v) is 3.12. The van der Waals surface area contributed by atoms with Crippen molar-refractivity contribution in [3.8, 4) is 0 Å². The highest BCUT2D eigenvalue weighted by atomic mass is 16.5. The van der Waals surface area contributed by atoms with Crippen molar-refractivity contribution in [1.29, 1.82) is 0 Å². The summed E-state index contributed by atoms with van der Waals surface area (Å²) >= 11 is 0. The topological polar surface area (TPSA) is 84.7 Å². The van der Waals surface area contributed by atoms with Crippen molar-refractivity contribution in [1.82, 2.24) is 14.5 Å². The van der Waals surface area contributed by atoms with Crippen LogP contribution in [0.2, 0.25) is 0 Å². The van der Waals surface area contributed by atoms with Gasteiger partial charge < -0.3 is 19.3 Å². The number of hydrogen-bond acceptors (Lipinski definition) is 4. The summed E-state index contributed by atoms with van der Waals surface area (Å²) in [4.78, 5) is 29.5. The van der Waals surface area contributed by atoms with Gasteiger partial charge in [0.1, 0.15) is 12.1 Å². The van der Waals surface area contributed by atoms with Gasteiger partial charge in [-0.1, -0.05) is 0 Å². The maximum atomic E-state index is 12.7. The molecule has 1 unspecified atom stereocenters. The van der Waals surface area contributed by atoms with Gasteiger partial charge in [-0.05, 0) is 13.3 Å². The maximum Gasteiger partial charge on any atom is 0.326 e. The number of carboxylic acid groups (broad SMARTS) is 1. The smallest absolute Gasteiger partial charge is 0.326 e. The molecule has 1 aromatic rings. The van der Waals surface area contributed by atoms with Crippen molar-refractivity contribution >= 4 is 11.9 Å². The minimum atomic E-state index is -0.964. The lowest BCUT2D eigenvalue weighted by Crippen LogP contribution is -2.47. The van der Waals surface area contributed by atoms with E-state index >= 15 is 0 Å². The van der Waals surface area contributed by atoms with Gasteiger partial charge in [0, 0.05) is 25.4 Å². The Balaban J connectivity index is 1.85. The Morgan fingerprint density at radius 3 is 2.95 bits per heavy atom. The van der Waals surface area contributed by atoms with Gasteiger partial charge >= 0.3 is 5.97 Å². The third kappa shape index (κ3) is 1.98. The molecule has 2 aliphatic rings. The van der Waals surface area contributed by atoms with Crippen LogP contribution in [-0.4, -0.2) is 56.2 Å². The number of aliphatic carboxylic acids is 1. The summed E-state index contributed by atoms with van der Waals surface area (Å²) in [6.45, 7) is 2.34. The first kappa shape index (κ1) is 13.1. The highest BCUT2D eigenvalue weighted by molar-refractivity contribution is 5.87. The first-order chi connectivity index (χ1) is 9.59. The van der Waals surface area contributed by atoms with Crippen molar-refractivity contribution in [3.63, 3.8) is 0 Å². The Bertz CT molecular complexity index is 516. The molecule has 0 saturated carbocycles. The van der Waals surface area contributed by atoms with Gasteiger partial charge in [0.05, 0.1) is 18.5 Å². The Morgan fingerprint density at radius 1 is 1.50 bits per heavy atom. The molecule has 1 aromatic heterocycles. The monoisotopic (exact) mass is 279 g/mol. The normalized spacial score (nSPS) is 30.2. The van der Waals surface area contributed by atoms with E-state index in [2.05, 4.69) is 4.98 Å². The predicted octanol–water partition coefficient (Wildman–Crippen LogP) is 0.287. The lowest BCUT2D eigenvalue weighted by molar-refractivity contribution is -0.151. The van der Waals surface area contributed by atoms with E-state index in [9.17, 15) is 14.7 Å². The number of carboxylic acids is 1. The summed E-state index contributed by atoms with van der Waals surface area (Å²) in [6, 6.07) is -1.36. The molecule has 108 valence electrons. The van der Waals surface area contributed by atoms with E-state index in [1.165, 1.54) is 4.90 Å². The second-order valence-corrected chi connectivity index (χ2v) is 5.29. The Morgan fingerprint density at radius 2 is 2.30 bits per heavy atom. The molecular formula is C13H17N3O4. The second-order valence-electron chi connectivity index (χ2n) is 5.29. The number of rotatable bonds is 3. The van der Waals surface area contributed by atoms with E-state index in [1.54, 1.807) is 30.2 Å². The minimum absolute atomic E-state index is 0.116. The van der Waals surface area contributed by atoms with Crippen LogP contribution in [0.5, 0.6) is 0 Å². The van der Waals surface area contributed by atoms with E-state index in [4.69, 9.17) is 4.74 Å². The number of imidazole rings is 1.